The molecule has 4 heteroatoms. The number of aromatic nitrogens is 2. The second kappa shape index (κ2) is 5.23. The van der Waals surface area contributed by atoms with Crippen LogP contribution >= 0.6 is 22.6 Å². The molecule has 1 heterocycles. The van der Waals surface area contributed by atoms with Crippen LogP contribution in [0.25, 0.3) is 11.4 Å². The first-order valence-corrected chi connectivity index (χ1v) is 8.35. The summed E-state index contributed by atoms with van der Waals surface area (Å²) >= 11 is 2.11. The largest absolute Gasteiger partial charge is 0.306 e. The molecule has 0 bridgehead atoms. The zero-order chi connectivity index (χ0) is 15.2. The normalized spacial score (nSPS) is 15.2. The summed E-state index contributed by atoms with van der Waals surface area (Å²) in [5, 5.41) is 0. The summed E-state index contributed by atoms with van der Waals surface area (Å²) in [6.45, 7) is 6.58. The maximum absolute atomic E-state index is 12.1. The third-order valence-electron chi connectivity index (χ3n) is 3.88. The first-order chi connectivity index (χ1) is 9.86. The maximum atomic E-state index is 12.1. The van der Waals surface area contributed by atoms with Crippen molar-refractivity contribution in [3.8, 4) is 11.4 Å². The van der Waals surface area contributed by atoms with Gasteiger partial charge in [-0.05, 0) is 46.4 Å². The molecule has 0 amide bonds. The standard InChI is InChI=1S/C17H19IN2O/c1-17(2,3)12-8-6-11(7-9-12)15-19-14(10-4-5-10)13(18)16(21)20-15/h6-10H,4-5H2,1-3H3,(H,19,20,21). The molecule has 1 aromatic heterocycles. The van der Waals surface area contributed by atoms with Crippen molar-refractivity contribution in [1.29, 1.82) is 0 Å². The summed E-state index contributed by atoms with van der Waals surface area (Å²) in [4.78, 5) is 19.7. The van der Waals surface area contributed by atoms with Crippen molar-refractivity contribution in [2.75, 3.05) is 0 Å². The molecule has 1 saturated carbocycles. The highest BCUT2D eigenvalue weighted by Gasteiger charge is 2.29. The Bertz CT molecular complexity index is 722. The van der Waals surface area contributed by atoms with Gasteiger partial charge in [0.15, 0.2) is 0 Å². The molecule has 3 rings (SSSR count). The van der Waals surface area contributed by atoms with Gasteiger partial charge < -0.3 is 4.98 Å². The summed E-state index contributed by atoms with van der Waals surface area (Å²) < 4.78 is 0.741. The molecule has 0 spiro atoms. The second-order valence-electron chi connectivity index (χ2n) is 6.72. The average Bonchev–Trinajstić information content (AvgIpc) is 3.25. The molecule has 1 aliphatic carbocycles. The molecule has 1 aliphatic rings. The van der Waals surface area contributed by atoms with Crippen molar-refractivity contribution in [3.05, 3.63) is 49.4 Å². The van der Waals surface area contributed by atoms with E-state index in [-0.39, 0.29) is 11.0 Å². The second-order valence-corrected chi connectivity index (χ2v) is 7.79. The molecular weight excluding hydrogens is 375 g/mol. The Morgan fingerprint density at radius 2 is 1.81 bits per heavy atom. The zero-order valence-electron chi connectivity index (χ0n) is 12.5. The number of hydrogen-bond donors (Lipinski definition) is 1. The lowest BCUT2D eigenvalue weighted by atomic mass is 9.87. The number of halogens is 1. The van der Waals surface area contributed by atoms with Crippen LogP contribution in [0.3, 0.4) is 0 Å². The monoisotopic (exact) mass is 394 g/mol. The third kappa shape index (κ3) is 3.05. The van der Waals surface area contributed by atoms with Crippen LogP contribution in [0.1, 0.15) is 50.8 Å². The highest BCUT2D eigenvalue weighted by atomic mass is 127. The molecule has 1 N–H and O–H groups in total. The van der Waals surface area contributed by atoms with Gasteiger partial charge in [0, 0.05) is 11.5 Å². The number of nitrogens with one attached hydrogen (secondary N) is 1. The van der Waals surface area contributed by atoms with Crippen molar-refractivity contribution in [2.45, 2.75) is 44.9 Å². The Labute approximate surface area is 138 Å². The topological polar surface area (TPSA) is 45.8 Å². The van der Waals surface area contributed by atoms with Crippen LogP contribution in [-0.4, -0.2) is 9.97 Å². The number of nitrogens with zero attached hydrogens (tertiary/aromatic N) is 1. The Hall–Kier alpha value is -1.17. The molecule has 0 radical (unpaired) electrons. The van der Waals surface area contributed by atoms with Crippen LogP contribution in [0.4, 0.5) is 0 Å². The number of rotatable bonds is 2. The van der Waals surface area contributed by atoms with Crippen molar-refractivity contribution in [3.63, 3.8) is 0 Å². The van der Waals surface area contributed by atoms with E-state index < -0.39 is 0 Å². The predicted molar refractivity (Wildman–Crippen MR) is 93.7 cm³/mol. The van der Waals surface area contributed by atoms with Gasteiger partial charge in [0.25, 0.3) is 5.56 Å². The van der Waals surface area contributed by atoms with Crippen LogP contribution in [0.5, 0.6) is 0 Å². The molecule has 0 atom stereocenters. The van der Waals surface area contributed by atoms with E-state index in [1.165, 1.54) is 5.56 Å². The van der Waals surface area contributed by atoms with Gasteiger partial charge >= 0.3 is 0 Å². The fraction of sp³-hybridized carbons (Fsp3) is 0.412. The summed E-state index contributed by atoms with van der Waals surface area (Å²) in [6.07, 6.45) is 2.30. The van der Waals surface area contributed by atoms with Gasteiger partial charge in [-0.2, -0.15) is 0 Å². The smallest absolute Gasteiger partial charge is 0.264 e. The van der Waals surface area contributed by atoms with Crippen LogP contribution in [0.2, 0.25) is 0 Å². The molecular formula is C17H19IN2O. The first kappa shape index (κ1) is 14.8. The minimum Gasteiger partial charge on any atom is -0.306 e. The van der Waals surface area contributed by atoms with Gasteiger partial charge in [-0.3, -0.25) is 4.79 Å². The minimum absolute atomic E-state index is 0.0256. The van der Waals surface area contributed by atoms with Crippen LogP contribution < -0.4 is 5.56 Å². The predicted octanol–water partition coefficient (Wildman–Crippen LogP) is 4.22. The highest BCUT2D eigenvalue weighted by Crippen LogP contribution is 2.40. The van der Waals surface area contributed by atoms with Gasteiger partial charge in [0.2, 0.25) is 0 Å². The van der Waals surface area contributed by atoms with E-state index in [4.69, 9.17) is 4.98 Å². The van der Waals surface area contributed by atoms with E-state index in [1.807, 2.05) is 12.1 Å². The highest BCUT2D eigenvalue weighted by molar-refractivity contribution is 14.1. The van der Waals surface area contributed by atoms with Gasteiger partial charge in [-0.1, -0.05) is 45.0 Å². The third-order valence-corrected chi connectivity index (χ3v) is 4.92. The Kier molecular flexibility index (Phi) is 3.67. The Morgan fingerprint density at radius 1 is 1.19 bits per heavy atom. The van der Waals surface area contributed by atoms with Gasteiger partial charge in [0.1, 0.15) is 5.82 Å². The van der Waals surface area contributed by atoms with Gasteiger partial charge in [-0.25, -0.2) is 4.98 Å². The molecule has 1 fully saturated rings. The Morgan fingerprint density at radius 3 is 2.33 bits per heavy atom. The molecule has 0 saturated heterocycles. The lowest BCUT2D eigenvalue weighted by Crippen LogP contribution is -2.16. The number of hydrogen-bond acceptors (Lipinski definition) is 2. The Balaban J connectivity index is 2.02. The molecule has 0 aliphatic heterocycles. The molecule has 3 nitrogen and oxygen atoms in total. The van der Waals surface area contributed by atoms with Crippen molar-refractivity contribution in [1.82, 2.24) is 9.97 Å². The van der Waals surface area contributed by atoms with Gasteiger partial charge in [0.05, 0.1) is 9.26 Å². The summed E-state index contributed by atoms with van der Waals surface area (Å²) in [6, 6.07) is 8.32. The zero-order valence-corrected chi connectivity index (χ0v) is 14.7. The molecule has 0 unspecified atom stereocenters. The molecule has 110 valence electrons. The van der Waals surface area contributed by atoms with Crippen LogP contribution in [0.15, 0.2) is 29.1 Å². The maximum Gasteiger partial charge on any atom is 0.264 e. The summed E-state index contributed by atoms with van der Waals surface area (Å²) in [7, 11) is 0. The molecule has 21 heavy (non-hydrogen) atoms. The number of aromatic amines is 1. The number of H-pyrrole nitrogens is 1. The van der Waals surface area contributed by atoms with E-state index in [0.29, 0.717) is 11.7 Å². The van der Waals surface area contributed by atoms with E-state index in [1.54, 1.807) is 0 Å². The minimum atomic E-state index is -0.0256. The average molecular weight is 394 g/mol. The van der Waals surface area contributed by atoms with Crippen LogP contribution in [-0.2, 0) is 5.41 Å². The van der Waals surface area contributed by atoms with E-state index >= 15 is 0 Å². The molecule has 1 aromatic carbocycles. The fourth-order valence-electron chi connectivity index (χ4n) is 2.37. The van der Waals surface area contributed by atoms with E-state index in [9.17, 15) is 4.79 Å². The lowest BCUT2D eigenvalue weighted by molar-refractivity contribution is 0.590. The van der Waals surface area contributed by atoms with Crippen molar-refractivity contribution >= 4 is 22.6 Å². The van der Waals surface area contributed by atoms with Crippen LogP contribution in [0, 0.1) is 3.57 Å². The SMILES string of the molecule is CC(C)(C)c1ccc(-c2nc(C3CC3)c(I)c(=O)[nH]2)cc1. The fourth-order valence-corrected chi connectivity index (χ4v) is 3.06. The quantitative estimate of drug-likeness (QED) is 0.776. The first-order valence-electron chi connectivity index (χ1n) is 7.27. The lowest BCUT2D eigenvalue weighted by Gasteiger charge is -2.19. The number of benzene rings is 1. The molecule has 2 aromatic rings. The summed E-state index contributed by atoms with van der Waals surface area (Å²) in [5.41, 5.74) is 3.32. The van der Waals surface area contributed by atoms with Crippen molar-refractivity contribution < 1.29 is 0 Å². The van der Waals surface area contributed by atoms with Gasteiger partial charge in [-0.15, -0.1) is 0 Å². The summed E-state index contributed by atoms with van der Waals surface area (Å²) in [5.74, 6) is 1.16. The van der Waals surface area contributed by atoms with Crippen molar-refractivity contribution in [2.24, 2.45) is 0 Å². The van der Waals surface area contributed by atoms with E-state index in [2.05, 4.69) is 60.5 Å². The van der Waals surface area contributed by atoms with E-state index in [0.717, 1.165) is 27.7 Å².